The zero-order chi connectivity index (χ0) is 15.0. The van der Waals surface area contributed by atoms with Crippen LogP contribution in [0, 0.1) is 0 Å². The van der Waals surface area contributed by atoms with Gasteiger partial charge in [-0.15, -0.1) is 15.7 Å². The molecule has 3 rings (SSSR count). The second-order valence-corrected chi connectivity index (χ2v) is 7.45. The predicted molar refractivity (Wildman–Crippen MR) is 79.8 cm³/mol. The fourth-order valence-corrected chi connectivity index (χ4v) is 4.15. The van der Waals surface area contributed by atoms with E-state index in [0.717, 1.165) is 4.88 Å². The van der Waals surface area contributed by atoms with Gasteiger partial charge in [-0.3, -0.25) is 4.84 Å². The molecule has 0 saturated heterocycles. The maximum absolute atomic E-state index is 12.0. The van der Waals surface area contributed by atoms with Gasteiger partial charge in [0.15, 0.2) is 10.3 Å². The molecule has 21 heavy (non-hydrogen) atoms. The van der Waals surface area contributed by atoms with Gasteiger partial charge in [-0.1, -0.05) is 23.7 Å². The molecule has 1 aliphatic rings. The average Bonchev–Trinajstić information content (AvgIpc) is 2.98. The highest BCUT2D eigenvalue weighted by Gasteiger charge is 2.32. The average molecular weight is 344 g/mol. The van der Waals surface area contributed by atoms with Crippen LogP contribution < -0.4 is 0 Å². The summed E-state index contributed by atoms with van der Waals surface area (Å²) in [6, 6.07) is 6.64. The highest BCUT2D eigenvalue weighted by atomic mass is 35.5. The van der Waals surface area contributed by atoms with Crippen LogP contribution in [0.3, 0.4) is 0 Å². The van der Waals surface area contributed by atoms with Crippen LogP contribution in [0.1, 0.15) is 10.4 Å². The van der Waals surface area contributed by atoms with Crippen molar-refractivity contribution in [2.75, 3.05) is 7.11 Å². The van der Waals surface area contributed by atoms with E-state index in [1.54, 1.807) is 24.4 Å². The molecule has 110 valence electrons. The zero-order valence-corrected chi connectivity index (χ0v) is 13.2. The van der Waals surface area contributed by atoms with Crippen LogP contribution in [-0.2, 0) is 21.4 Å². The summed E-state index contributed by atoms with van der Waals surface area (Å²) in [6.45, 7) is 0.309. The molecule has 0 radical (unpaired) electrons. The van der Waals surface area contributed by atoms with Crippen molar-refractivity contribution in [3.8, 4) is 0 Å². The van der Waals surface area contributed by atoms with Crippen LogP contribution in [0.2, 0.25) is 4.47 Å². The molecule has 0 fully saturated rings. The molecule has 0 spiro atoms. The number of hydrogen-bond donors (Lipinski definition) is 0. The van der Waals surface area contributed by atoms with Gasteiger partial charge in [0.25, 0.3) is 10.0 Å². The van der Waals surface area contributed by atoms with E-state index >= 15 is 0 Å². The van der Waals surface area contributed by atoms with Crippen molar-refractivity contribution >= 4 is 38.8 Å². The van der Waals surface area contributed by atoms with E-state index in [0.29, 0.717) is 16.6 Å². The molecule has 2 heterocycles. The minimum absolute atomic E-state index is 0.185. The number of benzene rings is 1. The van der Waals surface area contributed by atoms with Gasteiger partial charge in [0, 0.05) is 16.6 Å². The molecule has 0 bridgehead atoms. The van der Waals surface area contributed by atoms with Gasteiger partial charge in [0.1, 0.15) is 4.90 Å². The number of nitrogens with zero attached hydrogens (tertiary/aromatic N) is 3. The van der Waals surface area contributed by atoms with E-state index in [4.69, 9.17) is 16.4 Å². The molecule has 0 N–H and O–H groups in total. The number of aromatic nitrogens is 1. The Bertz CT molecular complexity index is 817. The van der Waals surface area contributed by atoms with Gasteiger partial charge >= 0.3 is 0 Å². The second-order valence-electron chi connectivity index (χ2n) is 4.18. The summed E-state index contributed by atoms with van der Waals surface area (Å²) in [5.74, 6) is 0.262. The van der Waals surface area contributed by atoms with Gasteiger partial charge in [-0.2, -0.15) is 8.42 Å². The van der Waals surface area contributed by atoms with Crippen LogP contribution in [0.25, 0.3) is 0 Å². The van der Waals surface area contributed by atoms with Crippen LogP contribution >= 0.6 is 22.9 Å². The summed E-state index contributed by atoms with van der Waals surface area (Å²) in [6.07, 6.45) is 1.62. The number of rotatable bonds is 3. The van der Waals surface area contributed by atoms with Crippen molar-refractivity contribution in [3.63, 3.8) is 0 Å². The number of thiazole rings is 1. The Morgan fingerprint density at radius 1 is 1.38 bits per heavy atom. The quantitative estimate of drug-likeness (QED) is 0.800. The molecule has 9 heteroatoms. The second kappa shape index (κ2) is 5.38. The topological polar surface area (TPSA) is 71.9 Å². The lowest BCUT2D eigenvalue weighted by Crippen LogP contribution is -2.29. The normalized spacial score (nSPS) is 15.6. The Morgan fingerprint density at radius 2 is 2.14 bits per heavy atom. The van der Waals surface area contributed by atoms with Crippen LogP contribution in [0.5, 0.6) is 0 Å². The van der Waals surface area contributed by atoms with Crippen LogP contribution in [-0.4, -0.2) is 31.4 Å². The Kier molecular flexibility index (Phi) is 3.70. The predicted octanol–water partition coefficient (Wildman–Crippen LogP) is 2.31. The van der Waals surface area contributed by atoms with Crippen molar-refractivity contribution in [2.24, 2.45) is 4.40 Å². The monoisotopic (exact) mass is 343 g/mol. The summed E-state index contributed by atoms with van der Waals surface area (Å²) in [7, 11) is -2.21. The third kappa shape index (κ3) is 2.67. The largest absolute Gasteiger partial charge is 0.285 e. The highest BCUT2D eigenvalue weighted by molar-refractivity contribution is 7.90. The fraction of sp³-hybridized carbons (Fsp3) is 0.167. The number of amidine groups is 1. The van der Waals surface area contributed by atoms with E-state index in [1.807, 2.05) is 0 Å². The van der Waals surface area contributed by atoms with Gasteiger partial charge in [-0.05, 0) is 12.1 Å². The molecule has 0 amide bonds. The van der Waals surface area contributed by atoms with E-state index in [9.17, 15) is 8.42 Å². The van der Waals surface area contributed by atoms with Gasteiger partial charge in [0.05, 0.1) is 13.7 Å². The summed E-state index contributed by atoms with van der Waals surface area (Å²) in [5, 5.41) is 1.41. The third-order valence-electron chi connectivity index (χ3n) is 2.89. The van der Waals surface area contributed by atoms with E-state index in [-0.39, 0.29) is 10.7 Å². The summed E-state index contributed by atoms with van der Waals surface area (Å²) in [5.41, 5.74) is 0.523. The van der Waals surface area contributed by atoms with Gasteiger partial charge in [-0.25, -0.2) is 10.0 Å². The Hall–Kier alpha value is -1.48. The van der Waals surface area contributed by atoms with E-state index in [1.165, 1.54) is 29.6 Å². The van der Waals surface area contributed by atoms with Crippen molar-refractivity contribution in [2.45, 2.75) is 11.4 Å². The minimum Gasteiger partial charge on any atom is -0.275 e. The number of fused-ring (bicyclic) bond motifs is 1. The highest BCUT2D eigenvalue weighted by Crippen LogP contribution is 2.29. The standard InChI is InChI=1S/C12H10ClN3O3S2/c1-19-16(7-8-6-14-12(13)20-8)11-9-4-2-3-5-10(9)21(17,18)15-11/h2-6H,7H2,1H3. The number of sulfonamides is 1. The van der Waals surface area contributed by atoms with Crippen molar-refractivity contribution in [3.05, 3.63) is 45.4 Å². The van der Waals surface area contributed by atoms with E-state index < -0.39 is 10.0 Å². The number of hydroxylamine groups is 2. The summed E-state index contributed by atoms with van der Waals surface area (Å²) in [4.78, 5) is 10.2. The maximum Gasteiger partial charge on any atom is 0.285 e. The lowest BCUT2D eigenvalue weighted by Gasteiger charge is -2.20. The molecule has 0 saturated carbocycles. The van der Waals surface area contributed by atoms with E-state index in [2.05, 4.69) is 9.38 Å². The van der Waals surface area contributed by atoms with Crippen LogP contribution in [0.4, 0.5) is 0 Å². The molecule has 0 aliphatic carbocycles. The molecule has 2 aromatic rings. The zero-order valence-electron chi connectivity index (χ0n) is 10.9. The summed E-state index contributed by atoms with van der Waals surface area (Å²) < 4.78 is 28.3. The van der Waals surface area contributed by atoms with Crippen LogP contribution in [0.15, 0.2) is 39.8 Å². The molecule has 0 unspecified atom stereocenters. The molecule has 1 aliphatic heterocycles. The first-order chi connectivity index (χ1) is 10.0. The third-order valence-corrected chi connectivity index (χ3v) is 5.32. The molecule has 1 aromatic carbocycles. The molecule has 1 aromatic heterocycles. The fourth-order valence-electron chi connectivity index (χ4n) is 1.99. The lowest BCUT2D eigenvalue weighted by atomic mass is 10.2. The minimum atomic E-state index is -3.67. The summed E-state index contributed by atoms with van der Waals surface area (Å²) >= 11 is 7.09. The Labute approximate surface area is 130 Å². The molecule has 0 atom stereocenters. The maximum atomic E-state index is 12.0. The van der Waals surface area contributed by atoms with Gasteiger partial charge in [0.2, 0.25) is 0 Å². The smallest absolute Gasteiger partial charge is 0.275 e. The first-order valence-electron chi connectivity index (χ1n) is 5.87. The molecule has 6 nitrogen and oxygen atoms in total. The van der Waals surface area contributed by atoms with Crippen molar-refractivity contribution in [1.29, 1.82) is 0 Å². The molecular weight excluding hydrogens is 334 g/mol. The number of halogens is 1. The first kappa shape index (κ1) is 14.5. The SMILES string of the molecule is CON(Cc1cnc(Cl)s1)C1=NS(=O)(=O)c2ccccc21. The lowest BCUT2D eigenvalue weighted by molar-refractivity contribution is -0.0705. The van der Waals surface area contributed by atoms with Crippen molar-refractivity contribution < 1.29 is 13.3 Å². The Morgan fingerprint density at radius 3 is 2.81 bits per heavy atom. The number of hydrogen-bond acceptors (Lipinski definition) is 6. The molecular formula is C12H10ClN3O3S2. The Balaban J connectivity index is 1.99. The first-order valence-corrected chi connectivity index (χ1v) is 8.51. The van der Waals surface area contributed by atoms with Crippen molar-refractivity contribution in [1.82, 2.24) is 10.0 Å². The van der Waals surface area contributed by atoms with Gasteiger partial charge < -0.3 is 0 Å².